The number of rotatable bonds is 6. The van der Waals surface area contributed by atoms with Crippen molar-refractivity contribution in [1.82, 2.24) is 14.8 Å². The van der Waals surface area contributed by atoms with Gasteiger partial charge in [-0.15, -0.1) is 0 Å². The van der Waals surface area contributed by atoms with Gasteiger partial charge in [0.05, 0.1) is 35.5 Å². The van der Waals surface area contributed by atoms with Crippen molar-refractivity contribution in [1.29, 1.82) is 0 Å². The summed E-state index contributed by atoms with van der Waals surface area (Å²) in [5.41, 5.74) is 1.16. The molecule has 1 saturated carbocycles. The molecule has 1 aromatic rings. The maximum absolute atomic E-state index is 13.9. The molecule has 0 bridgehead atoms. The van der Waals surface area contributed by atoms with Crippen molar-refractivity contribution >= 4 is 18.1 Å². The number of allylic oxidation sites excluding steroid dienone is 2. The van der Waals surface area contributed by atoms with E-state index in [-0.39, 0.29) is 17.2 Å². The van der Waals surface area contributed by atoms with Gasteiger partial charge in [-0.1, -0.05) is 0 Å². The van der Waals surface area contributed by atoms with Gasteiger partial charge in [-0.05, 0) is 39.7 Å². The van der Waals surface area contributed by atoms with Crippen LogP contribution in [0.4, 0.5) is 4.39 Å². The third-order valence-corrected chi connectivity index (χ3v) is 5.30. The van der Waals surface area contributed by atoms with E-state index < -0.39 is 11.3 Å². The maximum Gasteiger partial charge on any atom is 0.200 e. The molecular formula is C21H28FN3O3. The minimum Gasteiger partial charge on any atom is -0.493 e. The summed E-state index contributed by atoms with van der Waals surface area (Å²) in [6.45, 7) is 7.85. The highest BCUT2D eigenvalue weighted by Gasteiger charge is 2.31. The summed E-state index contributed by atoms with van der Waals surface area (Å²) in [6, 6.07) is 0.513. The SMILES string of the molecule is CO/C(=C(/C)N1CCNC(C)C1)c1c(/C=C(\C)F)c(=O)c(C=O)cn1C1CC1. The van der Waals surface area contributed by atoms with Gasteiger partial charge >= 0.3 is 0 Å². The predicted octanol–water partition coefficient (Wildman–Crippen LogP) is 2.95. The number of carbonyl (C=O) groups is 1. The molecule has 1 unspecified atom stereocenters. The van der Waals surface area contributed by atoms with E-state index >= 15 is 0 Å². The average molecular weight is 389 g/mol. The zero-order valence-corrected chi connectivity index (χ0v) is 16.9. The van der Waals surface area contributed by atoms with Crippen LogP contribution in [-0.4, -0.2) is 48.5 Å². The first kappa shape index (κ1) is 20.3. The Morgan fingerprint density at radius 1 is 1.36 bits per heavy atom. The van der Waals surface area contributed by atoms with Gasteiger partial charge in [-0.3, -0.25) is 9.59 Å². The Morgan fingerprint density at radius 3 is 2.61 bits per heavy atom. The minimum absolute atomic E-state index is 0.0343. The Bertz CT molecular complexity index is 880. The highest BCUT2D eigenvalue weighted by Crippen LogP contribution is 2.39. The van der Waals surface area contributed by atoms with Crippen LogP contribution in [0, 0.1) is 0 Å². The van der Waals surface area contributed by atoms with E-state index in [0.29, 0.717) is 23.8 Å². The summed E-state index contributed by atoms with van der Waals surface area (Å²) < 4.78 is 21.5. The number of pyridine rings is 1. The Morgan fingerprint density at radius 2 is 2.07 bits per heavy atom. The second-order valence-electron chi connectivity index (χ2n) is 7.58. The third-order valence-electron chi connectivity index (χ3n) is 5.30. The maximum atomic E-state index is 13.9. The molecule has 1 aliphatic heterocycles. The van der Waals surface area contributed by atoms with Crippen molar-refractivity contribution in [3.05, 3.63) is 44.8 Å². The number of aldehydes is 1. The molecule has 0 aromatic carbocycles. The lowest BCUT2D eigenvalue weighted by molar-refractivity contribution is 0.112. The van der Waals surface area contributed by atoms with Crippen molar-refractivity contribution in [3.63, 3.8) is 0 Å². The highest BCUT2D eigenvalue weighted by molar-refractivity contribution is 5.79. The molecule has 28 heavy (non-hydrogen) atoms. The largest absolute Gasteiger partial charge is 0.493 e. The van der Waals surface area contributed by atoms with Crippen molar-refractivity contribution in [2.75, 3.05) is 26.7 Å². The van der Waals surface area contributed by atoms with Crippen LogP contribution >= 0.6 is 0 Å². The minimum atomic E-state index is -0.493. The van der Waals surface area contributed by atoms with Gasteiger partial charge in [-0.25, -0.2) is 4.39 Å². The Labute approximate surface area is 164 Å². The number of ether oxygens (including phenoxy) is 1. The summed E-state index contributed by atoms with van der Waals surface area (Å²) in [5.74, 6) is 0.0516. The fourth-order valence-electron chi connectivity index (χ4n) is 3.77. The fourth-order valence-corrected chi connectivity index (χ4v) is 3.77. The Balaban J connectivity index is 2.26. The van der Waals surface area contributed by atoms with E-state index in [4.69, 9.17) is 4.74 Å². The second-order valence-corrected chi connectivity index (χ2v) is 7.58. The topological polar surface area (TPSA) is 63.6 Å². The van der Waals surface area contributed by atoms with Crippen molar-refractivity contribution in [2.45, 2.75) is 45.7 Å². The van der Waals surface area contributed by atoms with E-state index in [1.165, 1.54) is 13.0 Å². The number of nitrogens with zero attached hydrogens (tertiary/aromatic N) is 2. The standard InChI is InChI=1S/C21H28FN3O3/c1-13(22)9-18-19(25(17-5-6-17)11-16(12-26)20(18)27)21(28-4)15(3)24-8-7-23-14(2)10-24/h9,11-12,14,17,23H,5-8,10H2,1-4H3/b13-9+,21-15-. The lowest BCUT2D eigenvalue weighted by Crippen LogP contribution is -2.48. The molecule has 0 radical (unpaired) electrons. The van der Waals surface area contributed by atoms with Gasteiger partial charge in [0.15, 0.2) is 17.5 Å². The molecular weight excluding hydrogens is 361 g/mol. The smallest absolute Gasteiger partial charge is 0.200 e. The van der Waals surface area contributed by atoms with Crippen LogP contribution in [0.3, 0.4) is 0 Å². The molecule has 0 spiro atoms. The van der Waals surface area contributed by atoms with Gasteiger partial charge in [0, 0.05) is 37.9 Å². The van der Waals surface area contributed by atoms with E-state index in [1.807, 2.05) is 11.5 Å². The molecule has 2 aliphatic rings. The molecule has 7 heteroatoms. The molecule has 1 N–H and O–H groups in total. The molecule has 1 saturated heterocycles. The van der Waals surface area contributed by atoms with E-state index in [9.17, 15) is 14.0 Å². The van der Waals surface area contributed by atoms with Crippen LogP contribution in [0.1, 0.15) is 61.3 Å². The Hall–Kier alpha value is -2.41. The number of carbonyl (C=O) groups excluding carboxylic acids is 1. The van der Waals surface area contributed by atoms with Gasteiger partial charge in [-0.2, -0.15) is 0 Å². The summed E-state index contributed by atoms with van der Waals surface area (Å²) in [5, 5.41) is 3.41. The number of nitrogens with one attached hydrogen (secondary N) is 1. The predicted molar refractivity (Wildman–Crippen MR) is 108 cm³/mol. The van der Waals surface area contributed by atoms with Gasteiger partial charge in [0.1, 0.15) is 0 Å². The third kappa shape index (κ3) is 4.04. The second kappa shape index (κ2) is 8.31. The van der Waals surface area contributed by atoms with Crippen LogP contribution in [0.25, 0.3) is 11.8 Å². The van der Waals surface area contributed by atoms with Crippen molar-refractivity contribution < 1.29 is 13.9 Å². The first-order valence-electron chi connectivity index (χ1n) is 9.69. The number of hydrogen-bond donors (Lipinski definition) is 1. The molecule has 2 fully saturated rings. The molecule has 152 valence electrons. The molecule has 1 aromatic heterocycles. The summed E-state index contributed by atoms with van der Waals surface area (Å²) in [6.07, 6.45) is 5.23. The van der Waals surface area contributed by atoms with E-state index in [2.05, 4.69) is 17.1 Å². The summed E-state index contributed by atoms with van der Waals surface area (Å²) in [4.78, 5) is 26.5. The van der Waals surface area contributed by atoms with Crippen molar-refractivity contribution in [2.24, 2.45) is 0 Å². The van der Waals surface area contributed by atoms with Gasteiger partial charge in [0.25, 0.3) is 0 Å². The number of hydrogen-bond acceptors (Lipinski definition) is 5. The first-order chi connectivity index (χ1) is 13.4. The summed E-state index contributed by atoms with van der Waals surface area (Å²) >= 11 is 0. The van der Waals surface area contributed by atoms with Crippen LogP contribution < -0.4 is 10.7 Å². The number of halogens is 1. The zero-order chi connectivity index (χ0) is 20.4. The van der Waals surface area contributed by atoms with E-state index in [1.54, 1.807) is 13.3 Å². The molecule has 1 atom stereocenters. The lowest BCUT2D eigenvalue weighted by Gasteiger charge is -2.35. The molecule has 6 nitrogen and oxygen atoms in total. The summed E-state index contributed by atoms with van der Waals surface area (Å²) in [7, 11) is 1.57. The monoisotopic (exact) mass is 389 g/mol. The normalized spacial score (nSPS) is 21.4. The van der Waals surface area contributed by atoms with Gasteiger partial charge in [0.2, 0.25) is 0 Å². The number of aromatic nitrogens is 1. The zero-order valence-electron chi connectivity index (χ0n) is 16.9. The fraction of sp³-hybridized carbons (Fsp3) is 0.524. The van der Waals surface area contributed by atoms with Crippen LogP contribution in [0.5, 0.6) is 0 Å². The highest BCUT2D eigenvalue weighted by atomic mass is 19.1. The number of methoxy groups -OCH3 is 1. The van der Waals surface area contributed by atoms with Crippen LogP contribution in [0.2, 0.25) is 0 Å². The molecule has 1 aliphatic carbocycles. The quantitative estimate of drug-likeness (QED) is 0.599. The molecule has 0 amide bonds. The van der Waals surface area contributed by atoms with Crippen LogP contribution in [-0.2, 0) is 4.74 Å². The number of piperazine rings is 1. The van der Waals surface area contributed by atoms with Crippen molar-refractivity contribution in [3.8, 4) is 0 Å². The van der Waals surface area contributed by atoms with E-state index in [0.717, 1.165) is 38.2 Å². The Kier molecular flexibility index (Phi) is 6.03. The van der Waals surface area contributed by atoms with Crippen LogP contribution in [0.15, 0.2) is 22.5 Å². The lowest BCUT2D eigenvalue weighted by atomic mass is 10.0. The van der Waals surface area contributed by atoms with Gasteiger partial charge < -0.3 is 19.5 Å². The molecule has 3 rings (SSSR count). The average Bonchev–Trinajstić information content (AvgIpc) is 3.49. The first-order valence-corrected chi connectivity index (χ1v) is 9.69. The molecule has 2 heterocycles.